The van der Waals surface area contributed by atoms with Gasteiger partial charge >= 0.3 is 0 Å². The van der Waals surface area contributed by atoms with E-state index in [0.29, 0.717) is 18.4 Å². The molecule has 1 aliphatic rings. The first kappa shape index (κ1) is 10.8. The quantitative estimate of drug-likeness (QED) is 0.770. The van der Waals surface area contributed by atoms with Crippen LogP contribution in [0.3, 0.4) is 0 Å². The minimum atomic E-state index is -0.496. The molecule has 3 heteroatoms. The van der Waals surface area contributed by atoms with Gasteiger partial charge in [0, 0.05) is 12.3 Å². The van der Waals surface area contributed by atoms with E-state index < -0.39 is 4.32 Å². The summed E-state index contributed by atoms with van der Waals surface area (Å²) < 4.78 is 13.0. The lowest BCUT2D eigenvalue weighted by Crippen LogP contribution is -2.16. The molecule has 1 aromatic rings. The Morgan fingerprint density at radius 2 is 2.27 bits per heavy atom. The van der Waals surface area contributed by atoms with Crippen LogP contribution in [0.4, 0.5) is 4.39 Å². The summed E-state index contributed by atoms with van der Waals surface area (Å²) in [6.07, 6.45) is 1.21. The Morgan fingerprint density at radius 1 is 1.60 bits per heavy atom. The van der Waals surface area contributed by atoms with Crippen molar-refractivity contribution in [1.82, 2.24) is 0 Å². The van der Waals surface area contributed by atoms with Crippen LogP contribution in [0, 0.1) is 5.82 Å². The lowest BCUT2D eigenvalue weighted by atomic mass is 10.1. The van der Waals surface area contributed by atoms with Gasteiger partial charge in [0.1, 0.15) is 11.6 Å². The molecule has 0 aliphatic heterocycles. The summed E-state index contributed by atoms with van der Waals surface area (Å²) in [6.45, 7) is 1.84. The molecular weight excluding hydrogens is 259 g/mol. The summed E-state index contributed by atoms with van der Waals surface area (Å²) >= 11 is 3.44. The second kappa shape index (κ2) is 3.71. The van der Waals surface area contributed by atoms with Gasteiger partial charge in [0.25, 0.3) is 0 Å². The van der Waals surface area contributed by atoms with Gasteiger partial charge in [-0.25, -0.2) is 4.39 Å². The van der Waals surface area contributed by atoms with Crippen LogP contribution in [0.5, 0.6) is 0 Å². The SMILES string of the molecule is CCC(=O)C1(Br)CC1c1ccccc1F. The number of ketones is 1. The molecule has 0 radical (unpaired) electrons. The van der Waals surface area contributed by atoms with Crippen LogP contribution < -0.4 is 0 Å². The predicted octanol–water partition coefficient (Wildman–Crippen LogP) is 3.43. The van der Waals surface area contributed by atoms with E-state index in [1.807, 2.05) is 6.92 Å². The molecule has 0 aromatic heterocycles. The zero-order valence-corrected chi connectivity index (χ0v) is 10.1. The van der Waals surface area contributed by atoms with Crippen LogP contribution in [0.25, 0.3) is 0 Å². The van der Waals surface area contributed by atoms with Gasteiger partial charge in [-0.15, -0.1) is 0 Å². The van der Waals surface area contributed by atoms with E-state index in [-0.39, 0.29) is 17.5 Å². The minimum Gasteiger partial charge on any atom is -0.298 e. The van der Waals surface area contributed by atoms with E-state index in [2.05, 4.69) is 15.9 Å². The van der Waals surface area contributed by atoms with Crippen molar-refractivity contribution < 1.29 is 9.18 Å². The van der Waals surface area contributed by atoms with Crippen LogP contribution in [-0.4, -0.2) is 10.1 Å². The van der Waals surface area contributed by atoms with Crippen molar-refractivity contribution in [3.63, 3.8) is 0 Å². The fraction of sp³-hybridized carbons (Fsp3) is 0.417. The number of rotatable bonds is 3. The highest BCUT2D eigenvalue weighted by Gasteiger charge is 2.58. The van der Waals surface area contributed by atoms with E-state index >= 15 is 0 Å². The molecule has 1 aliphatic carbocycles. The predicted molar refractivity (Wildman–Crippen MR) is 60.7 cm³/mol. The molecule has 80 valence electrons. The molecule has 0 amide bonds. The van der Waals surface area contributed by atoms with Crippen molar-refractivity contribution in [3.05, 3.63) is 35.6 Å². The lowest BCUT2D eigenvalue weighted by Gasteiger charge is -2.07. The fourth-order valence-electron chi connectivity index (χ4n) is 1.95. The Morgan fingerprint density at radius 3 is 2.87 bits per heavy atom. The summed E-state index contributed by atoms with van der Waals surface area (Å²) in [6, 6.07) is 6.67. The highest BCUT2D eigenvalue weighted by molar-refractivity contribution is 9.10. The average Bonchev–Trinajstić information content (AvgIpc) is 2.91. The summed E-state index contributed by atoms with van der Waals surface area (Å²) in [5, 5.41) is 0. The summed E-state index contributed by atoms with van der Waals surface area (Å²) in [7, 11) is 0. The maximum Gasteiger partial charge on any atom is 0.149 e. The highest BCUT2D eigenvalue weighted by Crippen LogP contribution is 2.59. The Labute approximate surface area is 96.8 Å². The normalized spacial score (nSPS) is 28.9. The fourth-order valence-corrected chi connectivity index (χ4v) is 2.81. The topological polar surface area (TPSA) is 17.1 Å². The van der Waals surface area contributed by atoms with Gasteiger partial charge < -0.3 is 0 Å². The molecule has 2 rings (SSSR count). The molecule has 15 heavy (non-hydrogen) atoms. The van der Waals surface area contributed by atoms with E-state index in [0.717, 1.165) is 0 Å². The first-order valence-corrected chi connectivity index (χ1v) is 5.85. The number of Topliss-reactive ketones (excluding diaryl/α,β-unsaturated/α-hetero) is 1. The van der Waals surface area contributed by atoms with E-state index in [9.17, 15) is 9.18 Å². The molecule has 0 bridgehead atoms. The van der Waals surface area contributed by atoms with Crippen LogP contribution in [0.2, 0.25) is 0 Å². The van der Waals surface area contributed by atoms with Crippen molar-refractivity contribution in [3.8, 4) is 0 Å². The number of halogens is 2. The zero-order valence-electron chi connectivity index (χ0n) is 8.47. The van der Waals surface area contributed by atoms with Gasteiger partial charge in [0.05, 0.1) is 4.32 Å². The molecule has 1 saturated carbocycles. The Balaban J connectivity index is 2.24. The van der Waals surface area contributed by atoms with Gasteiger partial charge in [-0.1, -0.05) is 41.1 Å². The summed E-state index contributed by atoms with van der Waals surface area (Å²) in [5.41, 5.74) is 0.649. The first-order chi connectivity index (χ1) is 7.09. The van der Waals surface area contributed by atoms with Crippen molar-refractivity contribution in [1.29, 1.82) is 0 Å². The third-order valence-electron chi connectivity index (χ3n) is 2.96. The van der Waals surface area contributed by atoms with Crippen LogP contribution >= 0.6 is 15.9 Å². The van der Waals surface area contributed by atoms with E-state index in [1.54, 1.807) is 18.2 Å². The van der Waals surface area contributed by atoms with E-state index in [4.69, 9.17) is 0 Å². The molecule has 0 heterocycles. The average molecular weight is 271 g/mol. The molecule has 2 atom stereocenters. The Bertz CT molecular complexity index is 404. The first-order valence-electron chi connectivity index (χ1n) is 5.06. The van der Waals surface area contributed by atoms with Crippen molar-refractivity contribution in [2.24, 2.45) is 0 Å². The minimum absolute atomic E-state index is 0.00569. The number of alkyl halides is 1. The lowest BCUT2D eigenvalue weighted by molar-refractivity contribution is -0.118. The zero-order chi connectivity index (χ0) is 11.1. The van der Waals surface area contributed by atoms with Crippen molar-refractivity contribution >= 4 is 21.7 Å². The molecule has 0 N–H and O–H groups in total. The standard InChI is InChI=1S/C12H12BrFO/c1-2-11(15)12(13)7-9(12)8-5-3-4-6-10(8)14/h3-6,9H,2,7H2,1H3. The van der Waals surface area contributed by atoms with Gasteiger partial charge in [0.15, 0.2) is 0 Å². The smallest absolute Gasteiger partial charge is 0.149 e. The van der Waals surface area contributed by atoms with Gasteiger partial charge in [-0.05, 0) is 18.1 Å². The molecule has 1 nitrogen and oxygen atoms in total. The molecular formula is C12H12BrFO. The van der Waals surface area contributed by atoms with Crippen molar-refractivity contribution in [2.45, 2.75) is 30.0 Å². The van der Waals surface area contributed by atoms with Crippen LogP contribution in [0.1, 0.15) is 31.2 Å². The van der Waals surface area contributed by atoms with Crippen LogP contribution in [-0.2, 0) is 4.79 Å². The van der Waals surface area contributed by atoms with Gasteiger partial charge in [0.2, 0.25) is 0 Å². The Hall–Kier alpha value is -0.700. The number of hydrogen-bond acceptors (Lipinski definition) is 1. The number of carbonyl (C=O) groups excluding carboxylic acids is 1. The third kappa shape index (κ3) is 1.73. The second-order valence-corrected chi connectivity index (χ2v) is 5.33. The van der Waals surface area contributed by atoms with E-state index in [1.165, 1.54) is 6.07 Å². The van der Waals surface area contributed by atoms with Crippen molar-refractivity contribution in [2.75, 3.05) is 0 Å². The molecule has 1 aromatic carbocycles. The summed E-state index contributed by atoms with van der Waals surface area (Å²) in [4.78, 5) is 11.6. The maximum atomic E-state index is 13.5. The molecule has 0 spiro atoms. The van der Waals surface area contributed by atoms with Gasteiger partial charge in [-0.2, -0.15) is 0 Å². The molecule has 1 fully saturated rings. The second-order valence-electron chi connectivity index (χ2n) is 3.92. The molecule has 2 unspecified atom stereocenters. The maximum absolute atomic E-state index is 13.5. The molecule has 0 saturated heterocycles. The van der Waals surface area contributed by atoms with Crippen LogP contribution in [0.15, 0.2) is 24.3 Å². The largest absolute Gasteiger partial charge is 0.298 e. The number of benzene rings is 1. The Kier molecular flexibility index (Phi) is 2.67. The number of hydrogen-bond donors (Lipinski definition) is 0. The number of carbonyl (C=O) groups is 1. The highest BCUT2D eigenvalue weighted by atomic mass is 79.9. The monoisotopic (exact) mass is 270 g/mol. The van der Waals surface area contributed by atoms with Gasteiger partial charge in [-0.3, -0.25) is 4.79 Å². The summed E-state index contributed by atoms with van der Waals surface area (Å²) in [5.74, 6) is -0.0466. The third-order valence-corrected chi connectivity index (χ3v) is 4.28.